The van der Waals surface area contributed by atoms with Crippen LogP contribution in [0.2, 0.25) is 5.04 Å². The van der Waals surface area contributed by atoms with Crippen LogP contribution in [0.15, 0.2) is 97.6 Å². The van der Waals surface area contributed by atoms with Crippen LogP contribution in [0.5, 0.6) is 0 Å². The van der Waals surface area contributed by atoms with Crippen LogP contribution in [0, 0.1) is 0 Å². The van der Waals surface area contributed by atoms with Crippen molar-refractivity contribution in [3.05, 3.63) is 97.6 Å². The van der Waals surface area contributed by atoms with Gasteiger partial charge in [-0.05, 0) is 68.3 Å². The van der Waals surface area contributed by atoms with Crippen LogP contribution in [-0.2, 0) is 18.7 Å². The molecule has 6 nitrogen and oxygen atoms in total. The Morgan fingerprint density at radius 2 is 1.49 bits per heavy atom. The van der Waals surface area contributed by atoms with Gasteiger partial charge in [-0.25, -0.2) is 4.79 Å². The van der Waals surface area contributed by atoms with Gasteiger partial charge >= 0.3 is 12.1 Å². The first-order valence-corrected chi connectivity index (χ1v) is 19.1. The molecule has 47 heavy (non-hydrogen) atoms. The molecule has 0 spiro atoms. The summed E-state index contributed by atoms with van der Waals surface area (Å²) in [7, 11) is -2.74. The van der Waals surface area contributed by atoms with Crippen LogP contribution < -0.4 is 10.4 Å². The van der Waals surface area contributed by atoms with E-state index in [1.807, 2.05) is 37.8 Å². The number of hydrogen-bond acceptors (Lipinski definition) is 5. The average Bonchev–Trinajstić information content (AvgIpc) is 3.02. The minimum absolute atomic E-state index is 0.0144. The zero-order valence-electron chi connectivity index (χ0n) is 30.0. The van der Waals surface area contributed by atoms with Crippen LogP contribution >= 0.6 is 0 Å². The first-order chi connectivity index (χ1) is 22.4. The van der Waals surface area contributed by atoms with Gasteiger partial charge in [0, 0.05) is 19.0 Å². The standard InChI is InChI=1S/C40H59NO5Si/c1-9-24-34(25-18-14-12-11-13-15-23-30-37(42)44-32-10-2)41(38(43)46-39(3,4)5)31-33-45-47(40(6,7)8,35-26-19-16-20-27-35)36-28-21-17-22-29-36/h10-11,13-14,16-22,26-29,34H,2,9,12,15,23-25,30-33H2,1,3-8H3/b13-11-,18-14-/t34-/m0/s1. The van der Waals surface area contributed by atoms with Gasteiger partial charge in [0.2, 0.25) is 0 Å². The lowest BCUT2D eigenvalue weighted by molar-refractivity contribution is -0.142. The monoisotopic (exact) mass is 661 g/mol. The molecule has 1 atom stereocenters. The lowest BCUT2D eigenvalue weighted by Gasteiger charge is -2.43. The highest BCUT2D eigenvalue weighted by Gasteiger charge is 2.50. The van der Waals surface area contributed by atoms with Gasteiger partial charge in [0.15, 0.2) is 0 Å². The van der Waals surface area contributed by atoms with Gasteiger partial charge in [-0.2, -0.15) is 0 Å². The molecule has 0 N–H and O–H groups in total. The topological polar surface area (TPSA) is 65.1 Å². The van der Waals surface area contributed by atoms with Gasteiger partial charge in [0.25, 0.3) is 8.32 Å². The summed E-state index contributed by atoms with van der Waals surface area (Å²) in [6.45, 7) is 19.3. The zero-order valence-corrected chi connectivity index (χ0v) is 31.0. The van der Waals surface area contributed by atoms with E-state index in [9.17, 15) is 9.59 Å². The van der Waals surface area contributed by atoms with Gasteiger partial charge in [0.05, 0.1) is 6.61 Å². The molecule has 0 bridgehead atoms. The highest BCUT2D eigenvalue weighted by molar-refractivity contribution is 6.99. The number of allylic oxidation sites excluding steroid dienone is 3. The fourth-order valence-corrected chi connectivity index (χ4v) is 10.3. The molecule has 0 aliphatic carbocycles. The minimum atomic E-state index is -2.74. The van der Waals surface area contributed by atoms with Crippen LogP contribution in [0.1, 0.15) is 93.4 Å². The summed E-state index contributed by atoms with van der Waals surface area (Å²) in [6.07, 6.45) is 15.1. The Kier molecular flexibility index (Phi) is 17.0. The second-order valence-electron chi connectivity index (χ2n) is 13.9. The van der Waals surface area contributed by atoms with Crippen molar-refractivity contribution in [3.8, 4) is 0 Å². The molecule has 258 valence electrons. The number of hydrogen-bond donors (Lipinski definition) is 0. The second kappa shape index (κ2) is 20.1. The minimum Gasteiger partial charge on any atom is -0.461 e. The molecular weight excluding hydrogens is 603 g/mol. The number of carbonyl (C=O) groups is 2. The van der Waals surface area contributed by atoms with E-state index >= 15 is 0 Å². The Balaban J connectivity index is 2.20. The first-order valence-electron chi connectivity index (χ1n) is 17.2. The molecule has 0 saturated heterocycles. The highest BCUT2D eigenvalue weighted by atomic mass is 28.4. The zero-order chi connectivity index (χ0) is 34.8. The number of rotatable bonds is 19. The number of ether oxygens (including phenoxy) is 2. The third kappa shape index (κ3) is 13.3. The van der Waals surface area contributed by atoms with Gasteiger partial charge in [0.1, 0.15) is 12.2 Å². The summed E-state index contributed by atoms with van der Waals surface area (Å²) in [5.41, 5.74) is -0.603. The van der Waals surface area contributed by atoms with Gasteiger partial charge in [-0.15, -0.1) is 0 Å². The smallest absolute Gasteiger partial charge is 0.410 e. The third-order valence-corrected chi connectivity index (χ3v) is 12.9. The largest absolute Gasteiger partial charge is 0.461 e. The van der Waals surface area contributed by atoms with Crippen LogP contribution in [0.4, 0.5) is 4.79 Å². The number of nitrogens with zero attached hydrogens (tertiary/aromatic N) is 1. The Morgan fingerprint density at radius 1 is 0.894 bits per heavy atom. The van der Waals surface area contributed by atoms with Crippen molar-refractivity contribution in [1.29, 1.82) is 0 Å². The van der Waals surface area contributed by atoms with Crippen molar-refractivity contribution in [3.63, 3.8) is 0 Å². The van der Waals surface area contributed by atoms with E-state index < -0.39 is 13.9 Å². The van der Waals surface area contributed by atoms with Crippen LogP contribution in [-0.4, -0.2) is 56.7 Å². The quantitative estimate of drug-likeness (QED) is 0.0652. The Labute approximate surface area is 286 Å². The molecule has 7 heteroatoms. The summed E-state index contributed by atoms with van der Waals surface area (Å²) in [6, 6.07) is 21.2. The van der Waals surface area contributed by atoms with Gasteiger partial charge in [-0.1, -0.05) is 132 Å². The van der Waals surface area contributed by atoms with Crippen molar-refractivity contribution >= 4 is 30.8 Å². The van der Waals surface area contributed by atoms with Crippen LogP contribution in [0.25, 0.3) is 0 Å². The highest BCUT2D eigenvalue weighted by Crippen LogP contribution is 2.36. The van der Waals surface area contributed by atoms with E-state index in [2.05, 4.69) is 107 Å². The molecule has 1 amide bonds. The van der Waals surface area contributed by atoms with E-state index in [1.165, 1.54) is 10.4 Å². The molecule has 0 fully saturated rings. The fourth-order valence-electron chi connectivity index (χ4n) is 5.77. The average molecular weight is 662 g/mol. The van der Waals surface area contributed by atoms with E-state index in [0.717, 1.165) is 38.5 Å². The summed E-state index contributed by atoms with van der Waals surface area (Å²) in [4.78, 5) is 27.2. The molecule has 0 aromatic heterocycles. The van der Waals surface area contributed by atoms with Crippen molar-refractivity contribution < 1.29 is 23.5 Å². The van der Waals surface area contributed by atoms with Crippen molar-refractivity contribution in [1.82, 2.24) is 4.90 Å². The van der Waals surface area contributed by atoms with E-state index in [1.54, 1.807) is 6.08 Å². The normalized spacial score (nSPS) is 13.1. The number of unbranched alkanes of at least 4 members (excludes halogenated alkanes) is 1. The number of benzene rings is 2. The maximum absolute atomic E-state index is 13.7. The molecule has 2 rings (SSSR count). The van der Waals surface area contributed by atoms with E-state index in [0.29, 0.717) is 19.6 Å². The number of esters is 1. The lowest BCUT2D eigenvalue weighted by atomic mass is 10.1. The summed E-state index contributed by atoms with van der Waals surface area (Å²) >= 11 is 0. The molecule has 0 unspecified atom stereocenters. The Hall–Kier alpha value is -3.42. The molecule has 2 aromatic rings. The van der Waals surface area contributed by atoms with Crippen molar-refractivity contribution in [2.75, 3.05) is 19.8 Å². The number of amides is 1. The van der Waals surface area contributed by atoms with E-state index in [-0.39, 0.29) is 29.7 Å². The second-order valence-corrected chi connectivity index (χ2v) is 18.2. The lowest BCUT2D eigenvalue weighted by Crippen LogP contribution is -2.67. The predicted molar refractivity (Wildman–Crippen MR) is 198 cm³/mol. The fraction of sp³-hybridized carbons (Fsp3) is 0.500. The predicted octanol–water partition coefficient (Wildman–Crippen LogP) is 8.76. The van der Waals surface area contributed by atoms with Crippen molar-refractivity contribution in [2.24, 2.45) is 0 Å². The third-order valence-electron chi connectivity index (χ3n) is 7.89. The van der Waals surface area contributed by atoms with Gasteiger partial charge < -0.3 is 18.8 Å². The summed E-state index contributed by atoms with van der Waals surface area (Å²) < 4.78 is 18.1. The molecular formula is C40H59NO5Si. The maximum atomic E-state index is 13.7. The van der Waals surface area contributed by atoms with Crippen LogP contribution in [0.3, 0.4) is 0 Å². The molecule has 0 aliphatic rings. The van der Waals surface area contributed by atoms with Gasteiger partial charge in [-0.3, -0.25) is 4.79 Å². The van der Waals surface area contributed by atoms with E-state index in [4.69, 9.17) is 13.9 Å². The molecule has 0 aliphatic heterocycles. The maximum Gasteiger partial charge on any atom is 0.410 e. The molecule has 0 radical (unpaired) electrons. The SMILES string of the molecule is C=CCOC(=O)CCC/C=C\C/C=C\C[C@H](CCC)N(CCO[Si](c1ccccc1)(c1ccccc1)C(C)(C)C)C(=O)OC(C)(C)C. The molecule has 0 saturated carbocycles. The Morgan fingerprint density at radius 3 is 2.02 bits per heavy atom. The molecule has 2 aromatic carbocycles. The molecule has 0 heterocycles. The van der Waals surface area contributed by atoms with Crippen molar-refractivity contribution in [2.45, 2.75) is 110 Å². The Bertz CT molecular complexity index is 1220. The first kappa shape index (κ1) is 39.8. The number of carbonyl (C=O) groups excluding carboxylic acids is 2. The summed E-state index contributed by atoms with van der Waals surface area (Å²) in [5, 5.41) is 2.29. The summed E-state index contributed by atoms with van der Waals surface area (Å²) in [5.74, 6) is -0.188.